The number of rotatable bonds is 3. The Bertz CT molecular complexity index is 1100. The third kappa shape index (κ3) is 3.10. The molecule has 0 N–H and O–H groups in total. The highest BCUT2D eigenvalue weighted by atomic mass is 16.5. The van der Waals surface area contributed by atoms with Gasteiger partial charge in [-0.25, -0.2) is 9.59 Å². The molecule has 0 unspecified atom stereocenters. The van der Waals surface area contributed by atoms with Gasteiger partial charge in [0.05, 0.1) is 0 Å². The molecule has 0 saturated heterocycles. The van der Waals surface area contributed by atoms with E-state index in [0.29, 0.717) is 17.5 Å². The second kappa shape index (κ2) is 6.72. The van der Waals surface area contributed by atoms with Crippen LogP contribution in [0.3, 0.4) is 0 Å². The molecule has 4 rings (SSSR count). The summed E-state index contributed by atoms with van der Waals surface area (Å²) in [6, 6.07) is 15.9. The molecule has 0 aliphatic carbocycles. The fourth-order valence-electron chi connectivity index (χ4n) is 3.27. The van der Waals surface area contributed by atoms with Gasteiger partial charge in [-0.1, -0.05) is 36.4 Å². The molecule has 2 aromatic carbocycles. The van der Waals surface area contributed by atoms with Crippen molar-refractivity contribution in [1.82, 2.24) is 0 Å². The summed E-state index contributed by atoms with van der Waals surface area (Å²) in [4.78, 5) is 38.8. The minimum atomic E-state index is -1.02. The van der Waals surface area contributed by atoms with E-state index in [0.717, 1.165) is 17.7 Å². The van der Waals surface area contributed by atoms with Crippen molar-refractivity contribution in [3.63, 3.8) is 0 Å². The molecule has 0 radical (unpaired) electrons. The molecule has 136 valence electrons. The number of anilines is 1. The van der Waals surface area contributed by atoms with Crippen LogP contribution in [-0.4, -0.2) is 24.5 Å². The van der Waals surface area contributed by atoms with Crippen molar-refractivity contribution in [1.29, 1.82) is 0 Å². The van der Waals surface area contributed by atoms with Crippen LogP contribution in [0.5, 0.6) is 0 Å². The summed E-state index contributed by atoms with van der Waals surface area (Å²) in [6.07, 6.45) is -0.258. The van der Waals surface area contributed by atoms with Crippen molar-refractivity contribution in [3.05, 3.63) is 76.1 Å². The largest absolute Gasteiger partial charge is 0.449 e. The van der Waals surface area contributed by atoms with Crippen molar-refractivity contribution in [3.8, 4) is 0 Å². The molecular weight excluding hydrogens is 346 g/mol. The van der Waals surface area contributed by atoms with E-state index in [9.17, 15) is 14.4 Å². The average molecular weight is 363 g/mol. The fraction of sp³-hybridized carbons (Fsp3) is 0.190. The lowest BCUT2D eigenvalue weighted by Crippen LogP contribution is -2.39. The van der Waals surface area contributed by atoms with Crippen LogP contribution in [0.2, 0.25) is 0 Å². The summed E-state index contributed by atoms with van der Waals surface area (Å²) < 4.78 is 10.4. The zero-order valence-electron chi connectivity index (χ0n) is 14.7. The van der Waals surface area contributed by atoms with Crippen molar-refractivity contribution in [2.45, 2.75) is 19.4 Å². The van der Waals surface area contributed by atoms with Crippen LogP contribution in [0.15, 0.2) is 63.8 Å². The van der Waals surface area contributed by atoms with Crippen LogP contribution in [0.1, 0.15) is 22.8 Å². The molecule has 2 heterocycles. The fourth-order valence-corrected chi connectivity index (χ4v) is 3.27. The lowest BCUT2D eigenvalue weighted by Gasteiger charge is -2.21. The molecule has 1 aliphatic heterocycles. The predicted molar refractivity (Wildman–Crippen MR) is 99.9 cm³/mol. The van der Waals surface area contributed by atoms with Gasteiger partial charge in [-0.05, 0) is 37.1 Å². The number of amides is 1. The third-order valence-electron chi connectivity index (χ3n) is 4.65. The van der Waals surface area contributed by atoms with Gasteiger partial charge >= 0.3 is 11.6 Å². The maximum Gasteiger partial charge on any atom is 0.351 e. The van der Waals surface area contributed by atoms with Crippen LogP contribution in [-0.2, 0) is 16.0 Å². The molecule has 1 aromatic heterocycles. The van der Waals surface area contributed by atoms with Gasteiger partial charge in [0.2, 0.25) is 0 Å². The molecule has 0 spiro atoms. The molecule has 0 saturated carbocycles. The minimum absolute atomic E-state index is 0.227. The van der Waals surface area contributed by atoms with Gasteiger partial charge in [-0.3, -0.25) is 4.79 Å². The van der Waals surface area contributed by atoms with Gasteiger partial charge in [-0.2, -0.15) is 0 Å². The summed E-state index contributed by atoms with van der Waals surface area (Å²) in [5.41, 5.74) is 1.28. The average Bonchev–Trinajstić information content (AvgIpc) is 3.10. The maximum absolute atomic E-state index is 12.7. The van der Waals surface area contributed by atoms with E-state index in [2.05, 4.69) is 0 Å². The van der Waals surface area contributed by atoms with E-state index in [4.69, 9.17) is 9.15 Å². The summed E-state index contributed by atoms with van der Waals surface area (Å²) in [6.45, 7) is 2.04. The standard InChI is InChI=1S/C21H17NO5/c1-13(19(23)22-11-10-14-6-2-4-8-17(14)22)26-20(24)16-12-15-7-3-5-9-18(15)27-21(16)25/h2-9,12-13H,10-11H2,1H3/t13-/m0/s1. The molecule has 27 heavy (non-hydrogen) atoms. The zero-order chi connectivity index (χ0) is 19.0. The van der Waals surface area contributed by atoms with E-state index in [1.807, 2.05) is 24.3 Å². The molecule has 3 aromatic rings. The van der Waals surface area contributed by atoms with Gasteiger partial charge in [0, 0.05) is 17.6 Å². The first-order valence-electron chi connectivity index (χ1n) is 8.68. The Labute approximate surface area is 155 Å². The molecule has 0 bridgehead atoms. The lowest BCUT2D eigenvalue weighted by molar-refractivity contribution is -0.126. The van der Waals surface area contributed by atoms with E-state index in [1.54, 1.807) is 29.2 Å². The van der Waals surface area contributed by atoms with Crippen LogP contribution in [0.25, 0.3) is 11.0 Å². The van der Waals surface area contributed by atoms with Gasteiger partial charge < -0.3 is 14.1 Å². The Kier molecular flexibility index (Phi) is 4.24. The Morgan fingerprint density at radius 1 is 1.11 bits per heavy atom. The van der Waals surface area contributed by atoms with Crippen molar-refractivity contribution in [2.75, 3.05) is 11.4 Å². The minimum Gasteiger partial charge on any atom is -0.449 e. The first kappa shape index (κ1) is 17.0. The predicted octanol–water partition coefficient (Wildman–Crippen LogP) is 2.93. The van der Waals surface area contributed by atoms with Gasteiger partial charge in [-0.15, -0.1) is 0 Å². The van der Waals surface area contributed by atoms with Crippen LogP contribution < -0.4 is 10.5 Å². The van der Waals surface area contributed by atoms with Crippen LogP contribution in [0.4, 0.5) is 5.69 Å². The second-order valence-electron chi connectivity index (χ2n) is 6.40. The topological polar surface area (TPSA) is 76.8 Å². The first-order chi connectivity index (χ1) is 13.0. The number of hydrogen-bond donors (Lipinski definition) is 0. The molecule has 0 fully saturated rings. The summed E-state index contributed by atoms with van der Waals surface area (Å²) in [5.74, 6) is -1.19. The van der Waals surface area contributed by atoms with Gasteiger partial charge in [0.1, 0.15) is 11.1 Å². The smallest absolute Gasteiger partial charge is 0.351 e. The SMILES string of the molecule is C[C@H](OC(=O)c1cc2ccccc2oc1=O)C(=O)N1CCc2ccccc21. The van der Waals surface area contributed by atoms with Crippen LogP contribution >= 0.6 is 0 Å². The molecule has 1 amide bonds. The number of para-hydroxylation sites is 2. The highest BCUT2D eigenvalue weighted by Gasteiger charge is 2.30. The number of nitrogens with zero attached hydrogens (tertiary/aromatic N) is 1. The molecular formula is C21H17NO5. The number of esters is 1. The zero-order valence-corrected chi connectivity index (χ0v) is 14.7. The maximum atomic E-state index is 12.7. The number of carbonyl (C=O) groups is 2. The Morgan fingerprint density at radius 3 is 2.70 bits per heavy atom. The third-order valence-corrected chi connectivity index (χ3v) is 4.65. The van der Waals surface area contributed by atoms with E-state index in [-0.39, 0.29) is 11.5 Å². The first-order valence-corrected chi connectivity index (χ1v) is 8.68. The highest BCUT2D eigenvalue weighted by Crippen LogP contribution is 2.28. The van der Waals surface area contributed by atoms with E-state index in [1.165, 1.54) is 13.0 Å². The lowest BCUT2D eigenvalue weighted by atomic mass is 10.2. The number of hydrogen-bond acceptors (Lipinski definition) is 5. The van der Waals surface area contributed by atoms with Crippen molar-refractivity contribution >= 4 is 28.5 Å². The molecule has 1 atom stereocenters. The Hall–Kier alpha value is -3.41. The summed E-state index contributed by atoms with van der Waals surface area (Å²) in [7, 11) is 0. The number of ether oxygens (including phenoxy) is 1. The summed E-state index contributed by atoms with van der Waals surface area (Å²) >= 11 is 0. The van der Waals surface area contributed by atoms with Gasteiger partial charge in [0.25, 0.3) is 5.91 Å². The van der Waals surface area contributed by atoms with E-state index >= 15 is 0 Å². The highest BCUT2D eigenvalue weighted by molar-refractivity contribution is 6.00. The van der Waals surface area contributed by atoms with E-state index < -0.39 is 17.7 Å². The Balaban J connectivity index is 1.54. The van der Waals surface area contributed by atoms with Crippen LogP contribution in [0, 0.1) is 0 Å². The number of fused-ring (bicyclic) bond motifs is 2. The molecule has 1 aliphatic rings. The number of carbonyl (C=O) groups excluding carboxylic acids is 2. The summed E-state index contributed by atoms with van der Waals surface area (Å²) in [5, 5.41) is 0.608. The number of benzene rings is 2. The second-order valence-corrected chi connectivity index (χ2v) is 6.40. The molecule has 6 nitrogen and oxygen atoms in total. The van der Waals surface area contributed by atoms with Crippen molar-refractivity contribution < 1.29 is 18.7 Å². The van der Waals surface area contributed by atoms with Gasteiger partial charge in [0.15, 0.2) is 6.10 Å². The van der Waals surface area contributed by atoms with Crippen molar-refractivity contribution in [2.24, 2.45) is 0 Å². The quantitative estimate of drug-likeness (QED) is 0.528. The molecule has 6 heteroatoms. The Morgan fingerprint density at radius 2 is 1.85 bits per heavy atom. The normalized spacial score (nSPS) is 14.0. The monoisotopic (exact) mass is 363 g/mol.